The lowest BCUT2D eigenvalue weighted by atomic mass is 10.3. The van der Waals surface area contributed by atoms with Crippen LogP contribution in [0.25, 0.3) is 5.69 Å². The molecule has 1 aliphatic heterocycles. The van der Waals surface area contributed by atoms with Crippen LogP contribution in [0.5, 0.6) is 5.75 Å². The molecule has 3 aromatic rings. The van der Waals surface area contributed by atoms with Gasteiger partial charge < -0.3 is 9.29 Å². The van der Waals surface area contributed by atoms with Gasteiger partial charge in [-0.3, -0.25) is 4.57 Å². The Balaban J connectivity index is 1.68. The van der Waals surface area contributed by atoms with Gasteiger partial charge >= 0.3 is 5.69 Å². The van der Waals surface area contributed by atoms with E-state index in [-0.39, 0.29) is 36.0 Å². The normalized spacial score (nSPS) is 16.3. The molecule has 0 fully saturated rings. The van der Waals surface area contributed by atoms with Gasteiger partial charge in [-0.1, -0.05) is 10.3 Å². The average molecular weight is 422 g/mol. The van der Waals surface area contributed by atoms with Gasteiger partial charge in [-0.2, -0.15) is 4.68 Å². The molecule has 4 rings (SSSR count). The summed E-state index contributed by atoms with van der Waals surface area (Å²) in [4.78, 5) is 12.6. The van der Waals surface area contributed by atoms with Crippen LogP contribution >= 0.6 is 0 Å². The van der Waals surface area contributed by atoms with Gasteiger partial charge in [0.15, 0.2) is 26.9 Å². The molecule has 2 aromatic carbocycles. The third-order valence-electron chi connectivity index (χ3n) is 4.65. The minimum atomic E-state index is -3.85. The number of hydrogen-bond acceptors (Lipinski definition) is 5. The first-order valence-corrected chi connectivity index (χ1v) is 10.0. The molecular weight excluding hydrogens is 406 g/mol. The van der Waals surface area contributed by atoms with Crippen LogP contribution < -0.4 is 10.4 Å². The Morgan fingerprint density at radius 2 is 1.97 bits per heavy atom. The highest BCUT2D eigenvalue weighted by molar-refractivity contribution is 7.95. The van der Waals surface area contributed by atoms with Crippen molar-refractivity contribution in [2.75, 3.05) is 13.7 Å². The van der Waals surface area contributed by atoms with E-state index < -0.39 is 27.7 Å². The molecule has 0 saturated heterocycles. The summed E-state index contributed by atoms with van der Waals surface area (Å²) in [6.45, 7) is -0.0607. The Morgan fingerprint density at radius 3 is 2.69 bits per heavy atom. The van der Waals surface area contributed by atoms with Crippen molar-refractivity contribution in [3.05, 3.63) is 70.4 Å². The SMILES string of the molecule is COc1cccc([S+](=O)([O-])N2CCn3c(nn(-c4ccc(F)cc4F)c3=O)C2)c1. The zero-order valence-corrected chi connectivity index (χ0v) is 16.1. The molecule has 1 aromatic heterocycles. The summed E-state index contributed by atoms with van der Waals surface area (Å²) in [5.41, 5.74) is -0.829. The highest BCUT2D eigenvalue weighted by Gasteiger charge is 2.36. The number of aromatic nitrogens is 3. The fraction of sp³-hybridized carbons (Fsp3) is 0.222. The molecule has 0 spiro atoms. The van der Waals surface area contributed by atoms with Crippen LogP contribution in [0, 0.1) is 11.6 Å². The van der Waals surface area contributed by atoms with Crippen molar-refractivity contribution in [2.24, 2.45) is 0 Å². The summed E-state index contributed by atoms with van der Waals surface area (Å²) in [5, 5.41) is 4.08. The summed E-state index contributed by atoms with van der Waals surface area (Å²) in [5.74, 6) is -1.16. The Kier molecular flexibility index (Phi) is 4.81. The van der Waals surface area contributed by atoms with Crippen LogP contribution in [-0.4, -0.2) is 36.9 Å². The van der Waals surface area contributed by atoms with Gasteiger partial charge in [0.1, 0.15) is 23.8 Å². The van der Waals surface area contributed by atoms with Crippen LogP contribution in [0.15, 0.2) is 52.2 Å². The molecule has 0 bridgehead atoms. The van der Waals surface area contributed by atoms with Crippen molar-refractivity contribution in [1.82, 2.24) is 18.7 Å². The van der Waals surface area contributed by atoms with E-state index in [9.17, 15) is 22.3 Å². The van der Waals surface area contributed by atoms with E-state index in [1.165, 1.54) is 28.1 Å². The zero-order valence-electron chi connectivity index (χ0n) is 15.2. The van der Waals surface area contributed by atoms with Crippen LogP contribution in [0.2, 0.25) is 0 Å². The summed E-state index contributed by atoms with van der Waals surface area (Å²) < 4.78 is 61.5. The molecular formula is C18H16F2N4O4S. The Hall–Kier alpha value is -2.89. The molecule has 29 heavy (non-hydrogen) atoms. The van der Waals surface area contributed by atoms with Crippen LogP contribution in [0.1, 0.15) is 5.82 Å². The van der Waals surface area contributed by atoms with E-state index in [4.69, 9.17) is 4.74 Å². The quantitative estimate of drug-likeness (QED) is 0.598. The van der Waals surface area contributed by atoms with Crippen LogP contribution in [-0.2, 0) is 27.7 Å². The van der Waals surface area contributed by atoms with Crippen molar-refractivity contribution in [3.8, 4) is 11.4 Å². The first kappa shape index (κ1) is 19.4. The monoisotopic (exact) mass is 422 g/mol. The fourth-order valence-electron chi connectivity index (χ4n) is 3.15. The minimum Gasteiger partial charge on any atom is -0.593 e. The molecule has 8 nitrogen and oxygen atoms in total. The van der Waals surface area contributed by atoms with E-state index in [1.807, 2.05) is 0 Å². The van der Waals surface area contributed by atoms with Crippen molar-refractivity contribution >= 4 is 10.4 Å². The first-order chi connectivity index (χ1) is 13.8. The second-order valence-electron chi connectivity index (χ2n) is 6.38. The molecule has 1 atom stereocenters. The number of sulfonamides is 1. The van der Waals surface area contributed by atoms with Gasteiger partial charge in [-0.25, -0.2) is 13.6 Å². The maximum atomic E-state index is 14.1. The Bertz CT molecular complexity index is 1190. The largest absolute Gasteiger partial charge is 0.593 e. The Morgan fingerprint density at radius 1 is 1.17 bits per heavy atom. The molecule has 0 aliphatic carbocycles. The number of fused-ring (bicyclic) bond motifs is 1. The van der Waals surface area contributed by atoms with E-state index >= 15 is 0 Å². The predicted molar refractivity (Wildman–Crippen MR) is 98.2 cm³/mol. The minimum absolute atomic E-state index is 0.0457. The highest BCUT2D eigenvalue weighted by atomic mass is 32.3. The average Bonchev–Trinajstić information content (AvgIpc) is 3.04. The molecule has 0 N–H and O–H groups in total. The van der Waals surface area contributed by atoms with E-state index in [0.29, 0.717) is 11.8 Å². The van der Waals surface area contributed by atoms with Gasteiger partial charge in [-0.15, -0.1) is 9.40 Å². The molecule has 0 radical (unpaired) electrons. The number of halogens is 2. The molecule has 0 saturated carbocycles. The lowest BCUT2D eigenvalue weighted by Crippen LogP contribution is -2.43. The van der Waals surface area contributed by atoms with E-state index in [0.717, 1.165) is 16.8 Å². The van der Waals surface area contributed by atoms with Gasteiger partial charge in [0.25, 0.3) is 0 Å². The van der Waals surface area contributed by atoms with Gasteiger partial charge in [0, 0.05) is 18.7 Å². The fourth-order valence-corrected chi connectivity index (χ4v) is 4.57. The predicted octanol–water partition coefficient (Wildman–Crippen LogP) is 1.74. The van der Waals surface area contributed by atoms with Gasteiger partial charge in [0.05, 0.1) is 13.7 Å². The van der Waals surface area contributed by atoms with E-state index in [2.05, 4.69) is 5.10 Å². The topological polar surface area (TPSA) is 92.4 Å². The molecule has 2 heterocycles. The maximum Gasteiger partial charge on any atom is 0.350 e. The first-order valence-electron chi connectivity index (χ1n) is 8.59. The number of benzene rings is 2. The summed E-state index contributed by atoms with van der Waals surface area (Å²) in [6.07, 6.45) is 0. The van der Waals surface area contributed by atoms with Gasteiger partial charge in [0.2, 0.25) is 0 Å². The zero-order chi connectivity index (χ0) is 20.8. The second kappa shape index (κ2) is 7.17. The summed E-state index contributed by atoms with van der Waals surface area (Å²) in [7, 11) is -2.42. The van der Waals surface area contributed by atoms with Crippen molar-refractivity contribution < 1.29 is 22.3 Å². The third kappa shape index (κ3) is 3.37. The smallest absolute Gasteiger partial charge is 0.350 e. The Labute approximate surface area is 165 Å². The van der Waals surface area contributed by atoms with Gasteiger partial charge in [-0.05, 0) is 24.3 Å². The number of nitrogens with zero attached hydrogens (tertiary/aromatic N) is 4. The van der Waals surface area contributed by atoms with E-state index in [1.54, 1.807) is 12.1 Å². The van der Waals surface area contributed by atoms with Crippen molar-refractivity contribution in [2.45, 2.75) is 18.0 Å². The number of rotatable bonds is 4. The summed E-state index contributed by atoms with van der Waals surface area (Å²) >= 11 is 0. The highest BCUT2D eigenvalue weighted by Crippen LogP contribution is 2.27. The maximum absolute atomic E-state index is 14.1. The number of methoxy groups -OCH3 is 1. The van der Waals surface area contributed by atoms with Crippen molar-refractivity contribution in [1.29, 1.82) is 0 Å². The van der Waals surface area contributed by atoms with Crippen LogP contribution in [0.4, 0.5) is 8.78 Å². The number of hydrogen-bond donors (Lipinski definition) is 0. The molecule has 11 heteroatoms. The third-order valence-corrected chi connectivity index (χ3v) is 6.49. The standard InChI is InChI=1S/C18H16F2N4O4S/c1-28-13-3-2-4-14(10-13)29(26,27)22-7-8-23-17(11-22)21-24(18(23)25)16-6-5-12(19)9-15(16)20/h2-6,9-10H,7-8,11H2,1H3. The molecule has 152 valence electrons. The molecule has 0 amide bonds. The molecule has 1 aliphatic rings. The lowest BCUT2D eigenvalue weighted by molar-refractivity contribution is 0.299. The van der Waals surface area contributed by atoms with Crippen molar-refractivity contribution in [3.63, 3.8) is 0 Å². The summed E-state index contributed by atoms with van der Waals surface area (Å²) in [6, 6.07) is 8.83. The second-order valence-corrected chi connectivity index (χ2v) is 8.31. The lowest BCUT2D eigenvalue weighted by Gasteiger charge is -2.29. The van der Waals surface area contributed by atoms with Crippen LogP contribution in [0.3, 0.4) is 0 Å². The number of ether oxygens (including phenoxy) is 1. The molecule has 1 unspecified atom stereocenters.